The van der Waals surface area contributed by atoms with E-state index >= 15 is 0 Å². The van der Waals surface area contributed by atoms with E-state index in [1.54, 1.807) is 25.3 Å². The van der Waals surface area contributed by atoms with E-state index < -0.39 is 5.60 Å². The Morgan fingerprint density at radius 1 is 1.47 bits per heavy atom. The van der Waals surface area contributed by atoms with E-state index in [1.165, 1.54) is 0 Å². The Morgan fingerprint density at radius 3 is 3.00 bits per heavy atom. The molecular formula is C12H16O3. The summed E-state index contributed by atoms with van der Waals surface area (Å²) in [7, 11) is 1.59. The molecule has 1 aliphatic carbocycles. The minimum Gasteiger partial charge on any atom is -0.508 e. The summed E-state index contributed by atoms with van der Waals surface area (Å²) in [5, 5.41) is 19.8. The standard InChI is InChI=1S/C12H16O3/c1-15-8-12(14)6-2-3-9-7-10(13)4-5-11(9)12/h4-5,7,13-14H,2-3,6,8H2,1H3. The van der Waals surface area contributed by atoms with Gasteiger partial charge in [-0.1, -0.05) is 6.07 Å². The van der Waals surface area contributed by atoms with Crippen LogP contribution in [0.2, 0.25) is 0 Å². The van der Waals surface area contributed by atoms with Crippen LogP contribution in [0.1, 0.15) is 24.0 Å². The first-order valence-electron chi connectivity index (χ1n) is 5.19. The summed E-state index contributed by atoms with van der Waals surface area (Å²) in [6, 6.07) is 5.14. The monoisotopic (exact) mass is 208 g/mol. The molecule has 0 saturated carbocycles. The van der Waals surface area contributed by atoms with E-state index in [9.17, 15) is 10.2 Å². The first-order chi connectivity index (χ1) is 7.15. The Kier molecular flexibility index (Phi) is 2.67. The largest absolute Gasteiger partial charge is 0.508 e. The molecule has 0 bridgehead atoms. The van der Waals surface area contributed by atoms with Crippen LogP contribution in [0.5, 0.6) is 5.75 Å². The second-order valence-electron chi connectivity index (χ2n) is 4.16. The lowest BCUT2D eigenvalue weighted by Gasteiger charge is -2.33. The fourth-order valence-electron chi connectivity index (χ4n) is 2.34. The second kappa shape index (κ2) is 3.83. The van der Waals surface area contributed by atoms with Crippen molar-refractivity contribution < 1.29 is 14.9 Å². The van der Waals surface area contributed by atoms with Gasteiger partial charge in [-0.3, -0.25) is 0 Å². The van der Waals surface area contributed by atoms with Crippen LogP contribution in [0.25, 0.3) is 0 Å². The van der Waals surface area contributed by atoms with Gasteiger partial charge in [0.2, 0.25) is 0 Å². The van der Waals surface area contributed by atoms with Gasteiger partial charge >= 0.3 is 0 Å². The molecule has 0 radical (unpaired) electrons. The van der Waals surface area contributed by atoms with Gasteiger partial charge in [-0.15, -0.1) is 0 Å². The zero-order valence-corrected chi connectivity index (χ0v) is 8.86. The Hall–Kier alpha value is -1.06. The van der Waals surface area contributed by atoms with Gasteiger partial charge in [0.05, 0.1) is 6.61 Å². The maximum absolute atomic E-state index is 10.4. The average Bonchev–Trinajstić information content (AvgIpc) is 2.17. The Labute approximate surface area is 89.3 Å². The van der Waals surface area contributed by atoms with E-state index in [0.717, 1.165) is 30.4 Å². The van der Waals surface area contributed by atoms with Crippen LogP contribution in [-0.4, -0.2) is 23.9 Å². The van der Waals surface area contributed by atoms with E-state index in [-0.39, 0.29) is 5.75 Å². The summed E-state index contributed by atoms with van der Waals surface area (Å²) >= 11 is 0. The van der Waals surface area contributed by atoms with Crippen LogP contribution in [0, 0.1) is 0 Å². The third-order valence-corrected chi connectivity index (χ3v) is 3.01. The van der Waals surface area contributed by atoms with Crippen LogP contribution in [0.4, 0.5) is 0 Å². The van der Waals surface area contributed by atoms with Crippen LogP contribution >= 0.6 is 0 Å². The van der Waals surface area contributed by atoms with Crippen LogP contribution in [-0.2, 0) is 16.8 Å². The van der Waals surface area contributed by atoms with E-state index in [2.05, 4.69) is 0 Å². The maximum Gasteiger partial charge on any atom is 0.115 e. The molecule has 0 spiro atoms. The molecule has 0 aliphatic heterocycles. The number of benzene rings is 1. The van der Waals surface area contributed by atoms with Crippen molar-refractivity contribution in [2.75, 3.05) is 13.7 Å². The van der Waals surface area contributed by atoms with Crippen molar-refractivity contribution >= 4 is 0 Å². The van der Waals surface area contributed by atoms with Crippen molar-refractivity contribution in [3.05, 3.63) is 29.3 Å². The topological polar surface area (TPSA) is 49.7 Å². The van der Waals surface area contributed by atoms with Crippen molar-refractivity contribution in [3.8, 4) is 5.75 Å². The highest BCUT2D eigenvalue weighted by atomic mass is 16.5. The molecule has 0 amide bonds. The summed E-state index contributed by atoms with van der Waals surface area (Å²) in [6.45, 7) is 0.310. The molecule has 0 aromatic heterocycles. The van der Waals surface area contributed by atoms with Gasteiger partial charge in [0.25, 0.3) is 0 Å². The zero-order valence-electron chi connectivity index (χ0n) is 8.86. The highest BCUT2D eigenvalue weighted by Gasteiger charge is 2.34. The van der Waals surface area contributed by atoms with Gasteiger partial charge in [0.1, 0.15) is 11.4 Å². The molecule has 1 aromatic carbocycles. The highest BCUT2D eigenvalue weighted by Crippen LogP contribution is 2.36. The van der Waals surface area contributed by atoms with Gasteiger partial charge < -0.3 is 14.9 Å². The second-order valence-corrected chi connectivity index (χ2v) is 4.16. The summed E-state index contributed by atoms with van der Waals surface area (Å²) < 4.78 is 5.06. The number of aryl methyl sites for hydroxylation is 1. The van der Waals surface area contributed by atoms with E-state index in [0.29, 0.717) is 6.61 Å². The predicted molar refractivity (Wildman–Crippen MR) is 56.8 cm³/mol. The molecule has 0 saturated heterocycles. The molecule has 1 unspecified atom stereocenters. The first kappa shape index (κ1) is 10.5. The quantitative estimate of drug-likeness (QED) is 0.775. The van der Waals surface area contributed by atoms with Crippen molar-refractivity contribution in [2.45, 2.75) is 24.9 Å². The number of ether oxygens (including phenoxy) is 1. The number of rotatable bonds is 2. The summed E-state index contributed by atoms with van der Waals surface area (Å²) in [5.41, 5.74) is 1.05. The van der Waals surface area contributed by atoms with Crippen molar-refractivity contribution in [1.82, 2.24) is 0 Å². The normalized spacial score (nSPS) is 24.9. The van der Waals surface area contributed by atoms with E-state index in [4.69, 9.17) is 4.74 Å². The molecule has 3 nitrogen and oxygen atoms in total. The average molecular weight is 208 g/mol. The maximum atomic E-state index is 10.4. The Bertz CT molecular complexity index is 362. The molecule has 0 fully saturated rings. The number of aromatic hydroxyl groups is 1. The smallest absolute Gasteiger partial charge is 0.115 e. The Balaban J connectivity index is 2.42. The molecular weight excluding hydrogens is 192 g/mol. The minimum atomic E-state index is -0.879. The lowest BCUT2D eigenvalue weighted by atomic mass is 9.79. The molecule has 3 heteroatoms. The van der Waals surface area contributed by atoms with Gasteiger partial charge in [0, 0.05) is 7.11 Å². The lowest BCUT2D eigenvalue weighted by Crippen LogP contribution is -2.35. The minimum absolute atomic E-state index is 0.260. The fraction of sp³-hybridized carbons (Fsp3) is 0.500. The first-order valence-corrected chi connectivity index (χ1v) is 5.19. The third kappa shape index (κ3) is 1.85. The van der Waals surface area contributed by atoms with Crippen molar-refractivity contribution in [3.63, 3.8) is 0 Å². The molecule has 1 aromatic rings. The summed E-state index contributed by atoms with van der Waals surface area (Å²) in [4.78, 5) is 0. The highest BCUT2D eigenvalue weighted by molar-refractivity contribution is 5.40. The number of fused-ring (bicyclic) bond motifs is 1. The number of hydrogen-bond donors (Lipinski definition) is 2. The van der Waals surface area contributed by atoms with Gasteiger partial charge in [-0.05, 0) is 42.5 Å². The lowest BCUT2D eigenvalue weighted by molar-refractivity contribution is -0.0479. The van der Waals surface area contributed by atoms with Gasteiger partial charge in [-0.2, -0.15) is 0 Å². The third-order valence-electron chi connectivity index (χ3n) is 3.01. The number of phenols is 1. The molecule has 1 aliphatic rings. The molecule has 0 heterocycles. The van der Waals surface area contributed by atoms with Crippen LogP contribution < -0.4 is 0 Å². The SMILES string of the molecule is COCC1(O)CCCc2cc(O)ccc21. The van der Waals surface area contributed by atoms with Gasteiger partial charge in [-0.25, -0.2) is 0 Å². The molecule has 82 valence electrons. The predicted octanol–water partition coefficient (Wildman–Crippen LogP) is 1.56. The molecule has 15 heavy (non-hydrogen) atoms. The van der Waals surface area contributed by atoms with Gasteiger partial charge in [0.15, 0.2) is 0 Å². The molecule has 2 rings (SSSR count). The Morgan fingerprint density at radius 2 is 2.27 bits per heavy atom. The fourth-order valence-corrected chi connectivity index (χ4v) is 2.34. The van der Waals surface area contributed by atoms with Crippen LogP contribution in [0.15, 0.2) is 18.2 Å². The van der Waals surface area contributed by atoms with Crippen molar-refractivity contribution in [1.29, 1.82) is 0 Å². The molecule has 1 atom stereocenters. The molecule has 2 N–H and O–H groups in total. The number of phenolic OH excluding ortho intramolecular Hbond substituents is 1. The number of aliphatic hydroxyl groups is 1. The summed E-state index contributed by atoms with van der Waals surface area (Å²) in [5.74, 6) is 0.260. The summed E-state index contributed by atoms with van der Waals surface area (Å²) in [6.07, 6.45) is 2.56. The van der Waals surface area contributed by atoms with E-state index in [1.807, 2.05) is 0 Å². The zero-order chi connectivity index (χ0) is 10.9. The number of methoxy groups -OCH3 is 1. The van der Waals surface area contributed by atoms with Crippen molar-refractivity contribution in [2.24, 2.45) is 0 Å². The van der Waals surface area contributed by atoms with Crippen LogP contribution in [0.3, 0.4) is 0 Å². The number of hydrogen-bond acceptors (Lipinski definition) is 3.